The molecule has 5 saturated carbocycles. The van der Waals surface area contributed by atoms with E-state index in [0.717, 1.165) is 36.3 Å². The van der Waals surface area contributed by atoms with Gasteiger partial charge in [-0.2, -0.15) is 0 Å². The topological polar surface area (TPSA) is 41.1 Å². The summed E-state index contributed by atoms with van der Waals surface area (Å²) >= 11 is 0. The summed E-state index contributed by atoms with van der Waals surface area (Å²) in [5.74, 6) is 2.92. The highest BCUT2D eigenvalue weighted by Crippen LogP contribution is 2.60. The van der Waals surface area contributed by atoms with Crippen LogP contribution in [0, 0.1) is 17.8 Å². The zero-order valence-corrected chi connectivity index (χ0v) is 15.8. The van der Waals surface area contributed by atoms with E-state index in [0.29, 0.717) is 11.5 Å². The average molecular weight is 353 g/mol. The molecule has 1 aromatic carbocycles. The quantitative estimate of drug-likeness (QED) is 0.729. The molecular weight excluding hydrogens is 320 g/mol. The van der Waals surface area contributed by atoms with Gasteiger partial charge in [0.1, 0.15) is 0 Å². The Labute approximate surface area is 157 Å². The van der Waals surface area contributed by atoms with Crippen LogP contribution in [0.2, 0.25) is 0 Å². The first-order chi connectivity index (χ1) is 12.7. The summed E-state index contributed by atoms with van der Waals surface area (Å²) in [6, 6.07) is 9.14. The molecule has 0 aliphatic heterocycles. The molecule has 3 nitrogen and oxygen atoms in total. The lowest BCUT2D eigenvalue weighted by atomic mass is 9.48. The Balaban J connectivity index is 1.24. The predicted octanol–water partition coefficient (Wildman–Crippen LogP) is 5.61. The second-order valence-corrected chi connectivity index (χ2v) is 9.71. The second kappa shape index (κ2) is 6.58. The van der Waals surface area contributed by atoms with Crippen molar-refractivity contribution in [3.8, 4) is 0 Å². The molecule has 0 unspecified atom stereocenters. The van der Waals surface area contributed by atoms with Crippen LogP contribution in [0.15, 0.2) is 24.3 Å². The van der Waals surface area contributed by atoms with Crippen LogP contribution < -0.4 is 10.6 Å². The largest absolute Gasteiger partial charge is 0.335 e. The van der Waals surface area contributed by atoms with Gasteiger partial charge in [0, 0.05) is 11.7 Å². The summed E-state index contributed by atoms with van der Waals surface area (Å²) in [5.41, 5.74) is 2.89. The van der Waals surface area contributed by atoms with E-state index in [-0.39, 0.29) is 6.03 Å². The van der Waals surface area contributed by atoms with Gasteiger partial charge in [0.25, 0.3) is 0 Å². The van der Waals surface area contributed by atoms with Crippen molar-refractivity contribution in [1.29, 1.82) is 0 Å². The summed E-state index contributed by atoms with van der Waals surface area (Å²) in [4.78, 5) is 12.3. The van der Waals surface area contributed by atoms with Crippen LogP contribution >= 0.6 is 0 Å². The first-order valence-electron chi connectivity index (χ1n) is 10.9. The first-order valence-corrected chi connectivity index (χ1v) is 10.9. The van der Waals surface area contributed by atoms with Crippen LogP contribution in [0.25, 0.3) is 0 Å². The van der Waals surface area contributed by atoms with Crippen LogP contribution in [0.1, 0.15) is 76.2 Å². The van der Waals surface area contributed by atoms with Crippen LogP contribution in [0.5, 0.6) is 0 Å². The van der Waals surface area contributed by atoms with Crippen LogP contribution in [-0.4, -0.2) is 12.1 Å². The minimum atomic E-state index is -0.0422. The van der Waals surface area contributed by atoms with Gasteiger partial charge in [0.2, 0.25) is 0 Å². The van der Waals surface area contributed by atoms with E-state index in [1.165, 1.54) is 63.4 Å². The van der Waals surface area contributed by atoms with Crippen LogP contribution in [0.3, 0.4) is 0 Å². The van der Waals surface area contributed by atoms with Gasteiger partial charge < -0.3 is 10.6 Å². The molecule has 26 heavy (non-hydrogen) atoms. The standard InChI is InChI=1S/C23H32N2O/c26-22(24-20-4-2-1-3-5-20)25-21-8-6-19(7-9-21)23-13-16-10-17(14-23)12-18(11-16)15-23/h6-9,16-18,20H,1-5,10-15H2,(H2,24,25,26). The van der Waals surface area contributed by atoms with E-state index in [1.807, 2.05) is 0 Å². The average Bonchev–Trinajstić information content (AvgIpc) is 2.62. The second-order valence-electron chi connectivity index (χ2n) is 9.71. The molecule has 2 amide bonds. The van der Waals surface area contributed by atoms with Gasteiger partial charge in [-0.25, -0.2) is 4.79 Å². The number of hydrogen-bond donors (Lipinski definition) is 2. The number of carbonyl (C=O) groups is 1. The van der Waals surface area contributed by atoms with Gasteiger partial charge in [0.05, 0.1) is 0 Å². The maximum absolute atomic E-state index is 12.3. The Morgan fingerprint density at radius 3 is 2.00 bits per heavy atom. The number of urea groups is 1. The molecule has 6 rings (SSSR count). The van der Waals surface area contributed by atoms with E-state index in [2.05, 4.69) is 34.9 Å². The molecular formula is C23H32N2O. The number of nitrogens with one attached hydrogen (secondary N) is 2. The fraction of sp³-hybridized carbons (Fsp3) is 0.696. The van der Waals surface area contributed by atoms with Crippen molar-refractivity contribution >= 4 is 11.7 Å². The number of hydrogen-bond acceptors (Lipinski definition) is 1. The Morgan fingerprint density at radius 1 is 0.846 bits per heavy atom. The number of rotatable bonds is 3. The molecule has 0 saturated heterocycles. The van der Waals surface area contributed by atoms with E-state index in [4.69, 9.17) is 0 Å². The van der Waals surface area contributed by atoms with Crippen molar-refractivity contribution in [1.82, 2.24) is 5.32 Å². The predicted molar refractivity (Wildman–Crippen MR) is 105 cm³/mol. The molecule has 1 aromatic rings. The SMILES string of the molecule is O=C(Nc1ccc(C23CC4CC(CC(C4)C2)C3)cc1)NC1CCCCC1. The lowest BCUT2D eigenvalue weighted by molar-refractivity contribution is -0.00518. The van der Waals surface area contributed by atoms with Gasteiger partial charge in [-0.3, -0.25) is 0 Å². The zero-order chi connectivity index (χ0) is 17.6. The van der Waals surface area contributed by atoms with Crippen molar-refractivity contribution in [2.24, 2.45) is 17.8 Å². The first kappa shape index (κ1) is 16.6. The van der Waals surface area contributed by atoms with Crippen molar-refractivity contribution in [3.63, 3.8) is 0 Å². The molecule has 0 atom stereocenters. The third-order valence-corrected chi connectivity index (χ3v) is 7.73. The minimum Gasteiger partial charge on any atom is -0.335 e. The highest BCUT2D eigenvalue weighted by Gasteiger charge is 2.51. The highest BCUT2D eigenvalue weighted by molar-refractivity contribution is 5.89. The van der Waals surface area contributed by atoms with Gasteiger partial charge in [0.15, 0.2) is 0 Å². The Hall–Kier alpha value is -1.51. The molecule has 2 N–H and O–H groups in total. The molecule has 140 valence electrons. The van der Waals surface area contributed by atoms with Gasteiger partial charge in [-0.1, -0.05) is 31.4 Å². The fourth-order valence-corrected chi connectivity index (χ4v) is 6.97. The Morgan fingerprint density at radius 2 is 1.42 bits per heavy atom. The Bertz CT molecular complexity index is 624. The van der Waals surface area contributed by atoms with E-state index in [1.54, 1.807) is 0 Å². The van der Waals surface area contributed by atoms with E-state index in [9.17, 15) is 4.79 Å². The fourth-order valence-electron chi connectivity index (χ4n) is 6.97. The third-order valence-electron chi connectivity index (χ3n) is 7.73. The lowest BCUT2D eigenvalue weighted by Gasteiger charge is -2.57. The third kappa shape index (κ3) is 3.14. The van der Waals surface area contributed by atoms with Crippen LogP contribution in [-0.2, 0) is 5.41 Å². The number of carbonyl (C=O) groups excluding carboxylic acids is 1. The van der Waals surface area contributed by atoms with Crippen molar-refractivity contribution in [2.75, 3.05) is 5.32 Å². The normalized spacial score (nSPS) is 36.1. The van der Waals surface area contributed by atoms with Crippen LogP contribution in [0.4, 0.5) is 10.5 Å². The van der Waals surface area contributed by atoms with Gasteiger partial charge in [-0.15, -0.1) is 0 Å². The zero-order valence-electron chi connectivity index (χ0n) is 15.8. The van der Waals surface area contributed by atoms with Crippen molar-refractivity contribution in [2.45, 2.75) is 82.1 Å². The maximum Gasteiger partial charge on any atom is 0.319 e. The summed E-state index contributed by atoms with van der Waals surface area (Å²) in [5, 5.41) is 6.18. The van der Waals surface area contributed by atoms with E-state index < -0.39 is 0 Å². The molecule has 4 bridgehead atoms. The van der Waals surface area contributed by atoms with Gasteiger partial charge >= 0.3 is 6.03 Å². The highest BCUT2D eigenvalue weighted by atomic mass is 16.2. The van der Waals surface area contributed by atoms with Gasteiger partial charge in [-0.05, 0) is 92.2 Å². The number of benzene rings is 1. The summed E-state index contributed by atoms with van der Waals surface area (Å²) in [6.45, 7) is 0. The molecule has 0 heterocycles. The smallest absolute Gasteiger partial charge is 0.319 e. The molecule has 5 aliphatic rings. The summed E-state index contributed by atoms with van der Waals surface area (Å²) in [7, 11) is 0. The monoisotopic (exact) mass is 352 g/mol. The number of anilines is 1. The maximum atomic E-state index is 12.3. The molecule has 3 heteroatoms. The Kier molecular flexibility index (Phi) is 4.21. The van der Waals surface area contributed by atoms with Crippen molar-refractivity contribution < 1.29 is 4.79 Å². The van der Waals surface area contributed by atoms with E-state index >= 15 is 0 Å². The number of amides is 2. The minimum absolute atomic E-state index is 0.0422. The molecule has 5 fully saturated rings. The molecule has 0 aromatic heterocycles. The molecule has 0 spiro atoms. The molecule has 5 aliphatic carbocycles. The van der Waals surface area contributed by atoms with Crippen molar-refractivity contribution in [3.05, 3.63) is 29.8 Å². The molecule has 0 radical (unpaired) electrons. The lowest BCUT2D eigenvalue weighted by Crippen LogP contribution is -2.48. The summed E-state index contributed by atoms with van der Waals surface area (Å²) in [6.07, 6.45) is 14.7. The summed E-state index contributed by atoms with van der Waals surface area (Å²) < 4.78 is 0.